The highest BCUT2D eigenvalue weighted by molar-refractivity contribution is 5.97. The van der Waals surface area contributed by atoms with Gasteiger partial charge in [0.05, 0.1) is 11.1 Å². The molecule has 0 aliphatic carbocycles. The van der Waals surface area contributed by atoms with Crippen LogP contribution in [0.4, 0.5) is 26.3 Å². The average Bonchev–Trinajstić information content (AvgIpc) is 2.59. The van der Waals surface area contributed by atoms with E-state index in [1.807, 2.05) is 0 Å². The van der Waals surface area contributed by atoms with E-state index in [9.17, 15) is 31.1 Å². The normalized spacial score (nSPS) is 13.5. The summed E-state index contributed by atoms with van der Waals surface area (Å²) >= 11 is 0. The number of rotatable bonds is 4. The molecule has 0 fully saturated rings. The molecular weight excluding hydrogens is 382 g/mol. The van der Waals surface area contributed by atoms with E-state index in [1.165, 1.54) is 52.0 Å². The molecule has 2 rings (SSSR count). The molecule has 0 heterocycles. The van der Waals surface area contributed by atoms with Crippen molar-refractivity contribution in [3.63, 3.8) is 0 Å². The van der Waals surface area contributed by atoms with Crippen molar-refractivity contribution >= 4 is 5.78 Å². The van der Waals surface area contributed by atoms with E-state index in [0.717, 1.165) is 24.3 Å². The van der Waals surface area contributed by atoms with E-state index in [2.05, 4.69) is 0 Å². The maximum atomic E-state index is 13.2. The Labute approximate surface area is 159 Å². The van der Waals surface area contributed by atoms with Crippen LogP contribution in [0.25, 0.3) is 0 Å². The highest BCUT2D eigenvalue weighted by Crippen LogP contribution is 2.39. The number of carbonyl (C=O) groups is 1. The van der Waals surface area contributed by atoms with Gasteiger partial charge in [0.15, 0.2) is 5.78 Å². The van der Waals surface area contributed by atoms with Crippen LogP contribution in [0.15, 0.2) is 48.5 Å². The van der Waals surface area contributed by atoms with Crippen LogP contribution in [0, 0.1) is 0 Å². The molecule has 0 amide bonds. The van der Waals surface area contributed by atoms with E-state index in [4.69, 9.17) is 0 Å². The molecular formula is C21H20F6O. The van der Waals surface area contributed by atoms with E-state index in [1.54, 1.807) is 0 Å². The lowest BCUT2D eigenvalue weighted by Gasteiger charge is -2.34. The standard InChI is InChI=1S/C21H20F6O/c1-18(2,13-7-5-9-15(11-13)20(22,23)24)17(28)19(3,4)14-8-6-10-16(12-14)21(25,26)27/h5-12H,1-4H3. The highest BCUT2D eigenvalue weighted by atomic mass is 19.4. The molecule has 0 spiro atoms. The van der Waals surface area contributed by atoms with Gasteiger partial charge in [-0.05, 0) is 51.0 Å². The Hall–Kier alpha value is -2.31. The molecule has 0 aromatic heterocycles. The maximum absolute atomic E-state index is 13.2. The maximum Gasteiger partial charge on any atom is 0.416 e. The summed E-state index contributed by atoms with van der Waals surface area (Å²) in [5, 5.41) is 0. The molecule has 0 saturated carbocycles. The van der Waals surface area contributed by atoms with Gasteiger partial charge in [-0.2, -0.15) is 26.3 Å². The van der Waals surface area contributed by atoms with Crippen LogP contribution in [-0.2, 0) is 28.0 Å². The first-order chi connectivity index (χ1) is 12.6. The summed E-state index contributed by atoms with van der Waals surface area (Å²) in [6.07, 6.45) is -9.13. The minimum Gasteiger partial charge on any atom is -0.298 e. The fourth-order valence-corrected chi connectivity index (χ4v) is 3.21. The third-order valence-corrected chi connectivity index (χ3v) is 4.96. The summed E-state index contributed by atoms with van der Waals surface area (Å²) in [4.78, 5) is 13.2. The summed E-state index contributed by atoms with van der Waals surface area (Å²) in [6.45, 7) is 5.89. The fraction of sp³-hybridized carbons (Fsp3) is 0.381. The van der Waals surface area contributed by atoms with Crippen molar-refractivity contribution in [2.45, 2.75) is 50.9 Å². The topological polar surface area (TPSA) is 17.1 Å². The molecule has 0 radical (unpaired) electrons. The summed E-state index contributed by atoms with van der Waals surface area (Å²) in [5.41, 5.74) is -4.18. The van der Waals surface area contributed by atoms with Crippen LogP contribution in [-0.4, -0.2) is 5.78 Å². The molecule has 0 saturated heterocycles. The van der Waals surface area contributed by atoms with Gasteiger partial charge < -0.3 is 0 Å². The zero-order chi connectivity index (χ0) is 21.5. The quantitative estimate of drug-likeness (QED) is 0.530. The van der Waals surface area contributed by atoms with Crippen molar-refractivity contribution in [1.82, 2.24) is 0 Å². The SMILES string of the molecule is CC(C)(C(=O)C(C)(C)c1cccc(C(F)(F)F)c1)c1cccc(C(F)(F)F)c1. The van der Waals surface area contributed by atoms with Crippen molar-refractivity contribution in [2.75, 3.05) is 0 Å². The lowest BCUT2D eigenvalue weighted by molar-refractivity contribution is -0.138. The molecule has 1 nitrogen and oxygen atoms in total. The Morgan fingerprint density at radius 2 is 0.893 bits per heavy atom. The number of hydrogen-bond acceptors (Lipinski definition) is 1. The molecule has 2 aromatic rings. The first-order valence-corrected chi connectivity index (χ1v) is 8.48. The largest absolute Gasteiger partial charge is 0.416 e. The van der Waals surface area contributed by atoms with Gasteiger partial charge in [-0.1, -0.05) is 36.4 Å². The zero-order valence-corrected chi connectivity index (χ0v) is 15.8. The Morgan fingerprint density at radius 3 is 1.18 bits per heavy atom. The van der Waals surface area contributed by atoms with Crippen LogP contribution >= 0.6 is 0 Å². The van der Waals surface area contributed by atoms with Gasteiger partial charge in [-0.3, -0.25) is 4.79 Å². The van der Waals surface area contributed by atoms with E-state index in [-0.39, 0.29) is 11.1 Å². The van der Waals surface area contributed by atoms with Gasteiger partial charge in [0.25, 0.3) is 0 Å². The Kier molecular flexibility index (Phi) is 5.45. The van der Waals surface area contributed by atoms with Crippen molar-refractivity contribution in [2.24, 2.45) is 0 Å². The van der Waals surface area contributed by atoms with Crippen molar-refractivity contribution in [1.29, 1.82) is 0 Å². The predicted molar refractivity (Wildman–Crippen MR) is 93.9 cm³/mol. The number of halogens is 6. The molecule has 0 N–H and O–H groups in total. The zero-order valence-electron chi connectivity index (χ0n) is 15.8. The number of ketones is 1. The molecule has 0 aliphatic rings. The second-order valence-electron chi connectivity index (χ2n) is 7.74. The van der Waals surface area contributed by atoms with E-state index < -0.39 is 40.1 Å². The third-order valence-electron chi connectivity index (χ3n) is 4.96. The second-order valence-corrected chi connectivity index (χ2v) is 7.74. The molecule has 0 unspecified atom stereocenters. The van der Waals surface area contributed by atoms with Crippen molar-refractivity contribution < 1.29 is 31.1 Å². The first-order valence-electron chi connectivity index (χ1n) is 8.48. The molecule has 0 bridgehead atoms. The van der Waals surface area contributed by atoms with Gasteiger partial charge in [0, 0.05) is 10.8 Å². The molecule has 0 atom stereocenters. The number of carbonyl (C=O) groups excluding carboxylic acids is 1. The number of alkyl halides is 6. The summed E-state index contributed by atoms with van der Waals surface area (Å²) in [6, 6.07) is 8.86. The Balaban J connectivity index is 2.48. The van der Waals surface area contributed by atoms with Crippen molar-refractivity contribution in [3.8, 4) is 0 Å². The number of benzene rings is 2. The second kappa shape index (κ2) is 6.94. The van der Waals surface area contributed by atoms with Crippen LogP contribution in [0.2, 0.25) is 0 Å². The lowest BCUT2D eigenvalue weighted by Crippen LogP contribution is -2.42. The van der Waals surface area contributed by atoms with Gasteiger partial charge >= 0.3 is 12.4 Å². The molecule has 152 valence electrons. The van der Waals surface area contributed by atoms with Crippen LogP contribution in [0.5, 0.6) is 0 Å². The highest BCUT2D eigenvalue weighted by Gasteiger charge is 2.43. The summed E-state index contributed by atoms with van der Waals surface area (Å²) < 4.78 is 78.1. The summed E-state index contributed by atoms with van der Waals surface area (Å²) in [5.74, 6) is -0.487. The molecule has 7 heteroatoms. The Bertz CT molecular complexity index is 803. The Morgan fingerprint density at radius 1 is 0.607 bits per heavy atom. The number of hydrogen-bond donors (Lipinski definition) is 0. The summed E-state index contributed by atoms with van der Waals surface area (Å²) in [7, 11) is 0. The van der Waals surface area contributed by atoms with Crippen molar-refractivity contribution in [3.05, 3.63) is 70.8 Å². The van der Waals surface area contributed by atoms with Gasteiger partial charge in [-0.15, -0.1) is 0 Å². The van der Waals surface area contributed by atoms with Crippen LogP contribution in [0.3, 0.4) is 0 Å². The van der Waals surface area contributed by atoms with Crippen LogP contribution < -0.4 is 0 Å². The molecule has 0 aliphatic heterocycles. The first kappa shape index (κ1) is 22.0. The van der Waals surface area contributed by atoms with Crippen LogP contribution in [0.1, 0.15) is 49.9 Å². The van der Waals surface area contributed by atoms with E-state index >= 15 is 0 Å². The van der Waals surface area contributed by atoms with Gasteiger partial charge in [0.2, 0.25) is 0 Å². The van der Waals surface area contributed by atoms with Gasteiger partial charge in [0.1, 0.15) is 0 Å². The fourth-order valence-electron chi connectivity index (χ4n) is 3.21. The lowest BCUT2D eigenvalue weighted by atomic mass is 9.67. The minimum atomic E-state index is -4.56. The molecule has 2 aromatic carbocycles. The van der Waals surface area contributed by atoms with Gasteiger partial charge in [-0.25, -0.2) is 0 Å². The number of Topliss-reactive ketones (excluding diaryl/α,β-unsaturated/α-hetero) is 1. The minimum absolute atomic E-state index is 0.146. The molecule has 28 heavy (non-hydrogen) atoms. The smallest absolute Gasteiger partial charge is 0.298 e. The van der Waals surface area contributed by atoms with E-state index in [0.29, 0.717) is 0 Å². The third kappa shape index (κ3) is 4.23. The predicted octanol–water partition coefficient (Wildman–Crippen LogP) is 6.55. The average molecular weight is 402 g/mol. The monoisotopic (exact) mass is 402 g/mol.